The molecule has 1 atom stereocenters. The van der Waals surface area contributed by atoms with E-state index < -0.39 is 11.5 Å². The molecule has 1 rings (SSSR count). The number of amides is 1. The van der Waals surface area contributed by atoms with E-state index in [2.05, 4.69) is 10.3 Å². The van der Waals surface area contributed by atoms with E-state index in [1.165, 1.54) is 6.07 Å². The van der Waals surface area contributed by atoms with Gasteiger partial charge in [-0.05, 0) is 25.5 Å². The molecule has 5 heteroatoms. The van der Waals surface area contributed by atoms with Gasteiger partial charge in [-0.25, -0.2) is 0 Å². The van der Waals surface area contributed by atoms with Crippen LogP contribution in [0.4, 0.5) is 0 Å². The van der Waals surface area contributed by atoms with E-state index in [0.717, 1.165) is 0 Å². The van der Waals surface area contributed by atoms with Crippen molar-refractivity contribution in [2.75, 3.05) is 6.61 Å². The smallest absolute Gasteiger partial charge is 0.260 e. The summed E-state index contributed by atoms with van der Waals surface area (Å²) in [6.45, 7) is 3.46. The topological polar surface area (TPSA) is 82.2 Å². The fraction of sp³-hybridized carbons (Fsp3) is 0.455. The zero-order valence-electron chi connectivity index (χ0n) is 9.41. The summed E-state index contributed by atoms with van der Waals surface area (Å²) in [6, 6.07) is 2.83. The maximum absolute atomic E-state index is 11.7. The van der Waals surface area contributed by atoms with Crippen LogP contribution in [-0.4, -0.2) is 28.6 Å². The summed E-state index contributed by atoms with van der Waals surface area (Å²) in [6.07, 6.45) is 0.617. The number of nitrogens with one attached hydrogen (secondary N) is 2. The number of pyridine rings is 1. The van der Waals surface area contributed by atoms with E-state index in [4.69, 9.17) is 5.11 Å². The summed E-state index contributed by atoms with van der Waals surface area (Å²) in [5.41, 5.74) is 0.360. The number of aliphatic hydroxyl groups is 1. The second-order valence-electron chi connectivity index (χ2n) is 3.65. The van der Waals surface area contributed by atoms with Crippen molar-refractivity contribution in [2.24, 2.45) is 0 Å². The molecule has 88 valence electrons. The number of rotatable bonds is 4. The van der Waals surface area contributed by atoms with E-state index >= 15 is 0 Å². The lowest BCUT2D eigenvalue weighted by atomic mass is 10.2. The van der Waals surface area contributed by atoms with Gasteiger partial charge in [0.15, 0.2) is 0 Å². The van der Waals surface area contributed by atoms with E-state index in [0.29, 0.717) is 12.1 Å². The van der Waals surface area contributed by atoms with Crippen molar-refractivity contribution in [1.82, 2.24) is 10.3 Å². The van der Waals surface area contributed by atoms with Gasteiger partial charge in [-0.15, -0.1) is 0 Å². The average molecular weight is 224 g/mol. The SMILES string of the molecule is CC[C@@H](CO)NC(=O)c1ccc(C)[nH]c1=O. The molecule has 0 spiro atoms. The number of aromatic nitrogens is 1. The van der Waals surface area contributed by atoms with Crippen molar-refractivity contribution >= 4 is 5.91 Å². The summed E-state index contributed by atoms with van der Waals surface area (Å²) in [4.78, 5) is 25.7. The quantitative estimate of drug-likeness (QED) is 0.682. The highest BCUT2D eigenvalue weighted by molar-refractivity contribution is 5.93. The molecule has 0 aliphatic carbocycles. The molecule has 3 N–H and O–H groups in total. The van der Waals surface area contributed by atoms with Crippen molar-refractivity contribution in [3.63, 3.8) is 0 Å². The first-order valence-electron chi connectivity index (χ1n) is 5.20. The molecule has 0 saturated heterocycles. The predicted octanol–water partition coefficient (Wildman–Crippen LogP) is 0.184. The van der Waals surface area contributed by atoms with Gasteiger partial charge in [0.05, 0.1) is 12.6 Å². The summed E-state index contributed by atoms with van der Waals surface area (Å²) < 4.78 is 0. The zero-order valence-corrected chi connectivity index (χ0v) is 9.41. The number of aryl methyl sites for hydroxylation is 1. The van der Waals surface area contributed by atoms with Gasteiger partial charge in [-0.3, -0.25) is 9.59 Å². The van der Waals surface area contributed by atoms with E-state index in [1.54, 1.807) is 13.0 Å². The molecule has 1 aromatic heterocycles. The van der Waals surface area contributed by atoms with E-state index in [9.17, 15) is 9.59 Å². The fourth-order valence-electron chi connectivity index (χ4n) is 1.29. The van der Waals surface area contributed by atoms with Gasteiger partial charge in [0.1, 0.15) is 5.56 Å². The molecule has 0 aliphatic heterocycles. The molecule has 1 heterocycles. The molecule has 1 aromatic rings. The van der Waals surface area contributed by atoms with Crippen molar-refractivity contribution < 1.29 is 9.90 Å². The van der Waals surface area contributed by atoms with E-state index in [-0.39, 0.29) is 18.2 Å². The van der Waals surface area contributed by atoms with Crippen LogP contribution in [0.25, 0.3) is 0 Å². The van der Waals surface area contributed by atoms with Crippen LogP contribution in [0.2, 0.25) is 0 Å². The van der Waals surface area contributed by atoms with Crippen LogP contribution in [0.3, 0.4) is 0 Å². The lowest BCUT2D eigenvalue weighted by Crippen LogP contribution is -2.39. The number of hydrogen-bond donors (Lipinski definition) is 3. The molecule has 0 unspecified atom stereocenters. The number of carbonyl (C=O) groups excluding carboxylic acids is 1. The van der Waals surface area contributed by atoms with E-state index in [1.807, 2.05) is 6.92 Å². The Morgan fingerprint density at radius 3 is 2.75 bits per heavy atom. The predicted molar refractivity (Wildman–Crippen MR) is 60.4 cm³/mol. The fourth-order valence-corrected chi connectivity index (χ4v) is 1.29. The van der Waals surface area contributed by atoms with Gasteiger partial charge >= 0.3 is 0 Å². The minimum Gasteiger partial charge on any atom is -0.394 e. The molecule has 0 aromatic carbocycles. The Kier molecular flexibility index (Phi) is 4.25. The van der Waals surface area contributed by atoms with Crippen LogP contribution < -0.4 is 10.9 Å². The lowest BCUT2D eigenvalue weighted by Gasteiger charge is -2.13. The Labute approximate surface area is 93.5 Å². The molecule has 0 saturated carbocycles. The normalized spacial score (nSPS) is 12.2. The Balaban J connectivity index is 2.85. The largest absolute Gasteiger partial charge is 0.394 e. The molecule has 0 radical (unpaired) electrons. The highest BCUT2D eigenvalue weighted by atomic mass is 16.3. The molecular weight excluding hydrogens is 208 g/mol. The third-order valence-corrected chi connectivity index (χ3v) is 2.35. The molecular formula is C11H16N2O3. The Hall–Kier alpha value is -1.62. The maximum Gasteiger partial charge on any atom is 0.260 e. The second-order valence-corrected chi connectivity index (χ2v) is 3.65. The Bertz CT molecular complexity index is 421. The Morgan fingerprint density at radius 1 is 1.56 bits per heavy atom. The second kappa shape index (κ2) is 5.46. The highest BCUT2D eigenvalue weighted by Gasteiger charge is 2.13. The van der Waals surface area contributed by atoms with Crippen LogP contribution in [0.15, 0.2) is 16.9 Å². The molecule has 0 bridgehead atoms. The molecule has 16 heavy (non-hydrogen) atoms. The molecule has 0 aliphatic rings. The minimum absolute atomic E-state index is 0.0671. The average Bonchev–Trinajstić information content (AvgIpc) is 2.25. The molecule has 1 amide bonds. The first kappa shape index (κ1) is 12.4. The van der Waals surface area contributed by atoms with Gasteiger partial charge in [0, 0.05) is 5.69 Å². The third-order valence-electron chi connectivity index (χ3n) is 2.35. The summed E-state index contributed by atoms with van der Waals surface area (Å²) in [7, 11) is 0. The van der Waals surface area contributed by atoms with Gasteiger partial charge in [0.25, 0.3) is 11.5 Å². The number of aliphatic hydroxyl groups excluding tert-OH is 1. The summed E-state index contributed by atoms with van der Waals surface area (Å²) in [5.74, 6) is -0.456. The number of carbonyl (C=O) groups is 1. The van der Waals surface area contributed by atoms with Gasteiger partial charge in [-0.1, -0.05) is 6.92 Å². The minimum atomic E-state index is -0.456. The number of H-pyrrole nitrogens is 1. The lowest BCUT2D eigenvalue weighted by molar-refractivity contribution is 0.0913. The molecule has 0 fully saturated rings. The van der Waals surface area contributed by atoms with Crippen molar-refractivity contribution in [3.8, 4) is 0 Å². The van der Waals surface area contributed by atoms with Gasteiger partial charge < -0.3 is 15.4 Å². The van der Waals surface area contributed by atoms with Crippen LogP contribution in [0.5, 0.6) is 0 Å². The standard InChI is InChI=1S/C11H16N2O3/c1-3-8(6-14)13-11(16)9-5-4-7(2)12-10(9)15/h4-5,8,14H,3,6H2,1-2H3,(H,12,15)(H,13,16)/t8-/m0/s1. The monoisotopic (exact) mass is 224 g/mol. The van der Waals surface area contributed by atoms with Gasteiger partial charge in [0.2, 0.25) is 0 Å². The summed E-state index contributed by atoms with van der Waals surface area (Å²) in [5, 5.41) is 11.5. The van der Waals surface area contributed by atoms with Crippen molar-refractivity contribution in [3.05, 3.63) is 33.7 Å². The van der Waals surface area contributed by atoms with Crippen LogP contribution in [0.1, 0.15) is 29.4 Å². The molecule has 5 nitrogen and oxygen atoms in total. The maximum atomic E-state index is 11.7. The van der Waals surface area contributed by atoms with Crippen molar-refractivity contribution in [2.45, 2.75) is 26.3 Å². The van der Waals surface area contributed by atoms with Crippen LogP contribution in [-0.2, 0) is 0 Å². The number of hydrogen-bond acceptors (Lipinski definition) is 3. The number of aromatic amines is 1. The van der Waals surface area contributed by atoms with Crippen molar-refractivity contribution in [1.29, 1.82) is 0 Å². The first-order valence-corrected chi connectivity index (χ1v) is 5.20. The third kappa shape index (κ3) is 2.93. The highest BCUT2D eigenvalue weighted by Crippen LogP contribution is 1.96. The summed E-state index contributed by atoms with van der Waals surface area (Å²) >= 11 is 0. The van der Waals surface area contributed by atoms with Crippen LogP contribution >= 0.6 is 0 Å². The first-order chi connectivity index (χ1) is 7.58. The van der Waals surface area contributed by atoms with Gasteiger partial charge in [-0.2, -0.15) is 0 Å². The Morgan fingerprint density at radius 2 is 2.25 bits per heavy atom. The van der Waals surface area contributed by atoms with Crippen LogP contribution in [0, 0.1) is 6.92 Å². The zero-order chi connectivity index (χ0) is 12.1.